The summed E-state index contributed by atoms with van der Waals surface area (Å²) in [7, 11) is -3.98. The monoisotopic (exact) mass is 429 g/mol. The molecule has 0 aliphatic carbocycles. The Kier molecular flexibility index (Phi) is 6.30. The molecule has 0 atom stereocenters. The van der Waals surface area contributed by atoms with E-state index in [2.05, 4.69) is 9.50 Å². The molecule has 2 aromatic rings. The van der Waals surface area contributed by atoms with Gasteiger partial charge in [0.05, 0.1) is 13.3 Å². The number of ether oxygens (including phenoxy) is 1. The van der Waals surface area contributed by atoms with Crippen molar-refractivity contribution >= 4 is 34.7 Å². The lowest BCUT2D eigenvalue weighted by atomic mass is 9.79. The van der Waals surface area contributed by atoms with Crippen LogP contribution in [0.15, 0.2) is 50.8 Å². The number of hydrazone groups is 1. The molecule has 1 aliphatic heterocycles. The standard InChI is InChI=1S/C20H24BN3O5S/c1-13(2)12-24(20-16-9-14(3)5-8-19(16)30(27,28)23-20)22-11-15-6-7-17(21(25)26)18(10-15)29-4/h5-11,13,25-26H,12H2,1-4H3/b22-11+. The SMILES string of the molecule is COc1cc(/C=N/N(CC(C)C)C2=NS(=O)(=O)c3ccc(C)cc32)ccc1B(O)O. The van der Waals surface area contributed by atoms with Crippen LogP contribution < -0.4 is 10.2 Å². The van der Waals surface area contributed by atoms with E-state index in [1.54, 1.807) is 41.6 Å². The molecule has 0 aromatic heterocycles. The molecule has 8 nitrogen and oxygen atoms in total. The predicted octanol–water partition coefficient (Wildman–Crippen LogP) is 1.12. The van der Waals surface area contributed by atoms with Crippen molar-refractivity contribution in [3.63, 3.8) is 0 Å². The van der Waals surface area contributed by atoms with E-state index < -0.39 is 17.1 Å². The van der Waals surface area contributed by atoms with Gasteiger partial charge in [0.25, 0.3) is 10.0 Å². The van der Waals surface area contributed by atoms with Gasteiger partial charge in [-0.25, -0.2) is 5.01 Å². The minimum Gasteiger partial charge on any atom is -0.497 e. The Balaban J connectivity index is 2.00. The molecule has 1 aliphatic rings. The van der Waals surface area contributed by atoms with Gasteiger partial charge in [-0.3, -0.25) is 0 Å². The first-order valence-electron chi connectivity index (χ1n) is 9.44. The van der Waals surface area contributed by atoms with Crippen molar-refractivity contribution in [3.8, 4) is 5.75 Å². The van der Waals surface area contributed by atoms with Crippen LogP contribution in [0.5, 0.6) is 5.75 Å². The molecule has 0 unspecified atom stereocenters. The molecular formula is C20H24BN3O5S. The van der Waals surface area contributed by atoms with Crippen molar-refractivity contribution in [1.82, 2.24) is 5.01 Å². The fourth-order valence-electron chi connectivity index (χ4n) is 3.13. The summed E-state index contributed by atoms with van der Waals surface area (Å²) in [6.45, 7) is 6.36. The minimum atomic E-state index is -3.76. The second-order valence-corrected chi connectivity index (χ2v) is 9.06. The van der Waals surface area contributed by atoms with E-state index in [0.29, 0.717) is 23.4 Å². The number of nitrogens with zero attached hydrogens (tertiary/aromatic N) is 3. The van der Waals surface area contributed by atoms with E-state index in [4.69, 9.17) is 4.74 Å². The first kappa shape index (κ1) is 22.0. The van der Waals surface area contributed by atoms with Crippen LogP contribution >= 0.6 is 0 Å². The van der Waals surface area contributed by atoms with Crippen LogP contribution in [0.4, 0.5) is 0 Å². The molecule has 0 radical (unpaired) electrons. The molecule has 3 rings (SSSR count). The van der Waals surface area contributed by atoms with Gasteiger partial charge in [-0.1, -0.05) is 37.6 Å². The Hall–Kier alpha value is -2.69. The maximum absolute atomic E-state index is 12.5. The molecule has 2 aromatic carbocycles. The van der Waals surface area contributed by atoms with Crippen LogP contribution in [-0.2, 0) is 10.0 Å². The maximum atomic E-state index is 12.5. The number of aryl methyl sites for hydroxylation is 1. The van der Waals surface area contributed by atoms with Gasteiger partial charge in [-0.2, -0.15) is 13.5 Å². The van der Waals surface area contributed by atoms with Crippen molar-refractivity contribution in [3.05, 3.63) is 53.1 Å². The number of rotatable bonds is 6. The summed E-state index contributed by atoms with van der Waals surface area (Å²) in [6, 6.07) is 9.93. The van der Waals surface area contributed by atoms with Crippen molar-refractivity contribution in [2.45, 2.75) is 25.7 Å². The quantitative estimate of drug-likeness (QED) is 0.405. The number of hydrogen-bond donors (Lipinski definition) is 2. The molecule has 0 spiro atoms. The average Bonchev–Trinajstić information content (AvgIpc) is 2.94. The van der Waals surface area contributed by atoms with Gasteiger partial charge >= 0.3 is 7.12 Å². The molecule has 0 fully saturated rings. The van der Waals surface area contributed by atoms with Crippen LogP contribution in [0, 0.1) is 12.8 Å². The smallest absolute Gasteiger partial charge is 0.492 e. The fraction of sp³-hybridized carbons (Fsp3) is 0.300. The number of amidine groups is 1. The lowest BCUT2D eigenvalue weighted by Gasteiger charge is -2.21. The zero-order valence-corrected chi connectivity index (χ0v) is 18.1. The van der Waals surface area contributed by atoms with Crippen LogP contribution in [0.2, 0.25) is 0 Å². The first-order valence-corrected chi connectivity index (χ1v) is 10.9. The normalized spacial score (nSPS) is 14.7. The molecule has 10 heteroatoms. The molecule has 0 bridgehead atoms. The highest BCUT2D eigenvalue weighted by molar-refractivity contribution is 7.90. The van der Waals surface area contributed by atoms with Crippen LogP contribution in [0.3, 0.4) is 0 Å². The number of fused-ring (bicyclic) bond motifs is 1. The molecule has 1 heterocycles. The van der Waals surface area contributed by atoms with E-state index in [-0.39, 0.29) is 22.1 Å². The van der Waals surface area contributed by atoms with E-state index in [9.17, 15) is 18.5 Å². The third kappa shape index (κ3) is 4.56. The topological polar surface area (TPSA) is 112 Å². The van der Waals surface area contributed by atoms with Crippen LogP contribution in [0.25, 0.3) is 0 Å². The zero-order chi connectivity index (χ0) is 22.1. The Morgan fingerprint density at radius 2 is 1.97 bits per heavy atom. The second-order valence-electron chi connectivity index (χ2n) is 7.49. The highest BCUT2D eigenvalue weighted by atomic mass is 32.2. The molecule has 0 saturated carbocycles. The second kappa shape index (κ2) is 8.59. The summed E-state index contributed by atoms with van der Waals surface area (Å²) in [5.74, 6) is 0.794. The van der Waals surface area contributed by atoms with E-state index in [1.807, 2.05) is 20.8 Å². The van der Waals surface area contributed by atoms with E-state index >= 15 is 0 Å². The number of hydrogen-bond acceptors (Lipinski definition) is 7. The molecule has 0 saturated heterocycles. The lowest BCUT2D eigenvalue weighted by molar-refractivity contribution is 0.385. The van der Waals surface area contributed by atoms with Crippen LogP contribution in [0.1, 0.15) is 30.5 Å². The third-order valence-corrected chi connectivity index (χ3v) is 5.85. The Morgan fingerprint density at radius 3 is 2.60 bits per heavy atom. The fourth-order valence-corrected chi connectivity index (χ4v) is 4.32. The average molecular weight is 429 g/mol. The summed E-state index contributed by atoms with van der Waals surface area (Å²) in [5.41, 5.74) is 2.35. The number of benzene rings is 2. The number of methoxy groups -OCH3 is 1. The molecule has 30 heavy (non-hydrogen) atoms. The van der Waals surface area contributed by atoms with Gasteiger partial charge in [0.1, 0.15) is 10.6 Å². The summed E-state index contributed by atoms with van der Waals surface area (Å²) in [6.07, 6.45) is 1.56. The van der Waals surface area contributed by atoms with Crippen molar-refractivity contribution < 1.29 is 23.2 Å². The Morgan fingerprint density at radius 1 is 1.23 bits per heavy atom. The Labute approximate surface area is 176 Å². The summed E-state index contributed by atoms with van der Waals surface area (Å²) in [4.78, 5) is 0.176. The van der Waals surface area contributed by atoms with Gasteiger partial charge in [0, 0.05) is 17.6 Å². The van der Waals surface area contributed by atoms with Crippen LogP contribution in [-0.4, -0.2) is 56.3 Å². The summed E-state index contributed by atoms with van der Waals surface area (Å²) >= 11 is 0. The third-order valence-electron chi connectivity index (χ3n) is 4.52. The van der Waals surface area contributed by atoms with Gasteiger partial charge < -0.3 is 14.8 Å². The highest BCUT2D eigenvalue weighted by Crippen LogP contribution is 2.29. The molecule has 0 amide bonds. The molecule has 2 N–H and O–H groups in total. The van der Waals surface area contributed by atoms with Gasteiger partial charge in [0.15, 0.2) is 5.84 Å². The van der Waals surface area contributed by atoms with Crippen molar-refractivity contribution in [1.29, 1.82) is 0 Å². The predicted molar refractivity (Wildman–Crippen MR) is 117 cm³/mol. The minimum absolute atomic E-state index is 0.176. The Bertz CT molecular complexity index is 1110. The lowest BCUT2D eigenvalue weighted by Crippen LogP contribution is -2.31. The maximum Gasteiger partial charge on any atom is 0.492 e. The van der Waals surface area contributed by atoms with Gasteiger partial charge in [0.2, 0.25) is 0 Å². The van der Waals surface area contributed by atoms with Crippen molar-refractivity contribution in [2.75, 3.05) is 13.7 Å². The van der Waals surface area contributed by atoms with E-state index in [0.717, 1.165) is 5.56 Å². The zero-order valence-electron chi connectivity index (χ0n) is 17.3. The summed E-state index contributed by atoms with van der Waals surface area (Å²) < 4.78 is 34.2. The molecular weight excluding hydrogens is 405 g/mol. The van der Waals surface area contributed by atoms with Crippen molar-refractivity contribution in [2.24, 2.45) is 15.4 Å². The van der Waals surface area contributed by atoms with Gasteiger partial charge in [-0.15, -0.1) is 4.40 Å². The number of sulfonamides is 1. The van der Waals surface area contributed by atoms with Gasteiger partial charge in [-0.05, 0) is 36.6 Å². The highest BCUT2D eigenvalue weighted by Gasteiger charge is 2.32. The van der Waals surface area contributed by atoms with E-state index in [1.165, 1.54) is 13.2 Å². The largest absolute Gasteiger partial charge is 0.497 e. The summed E-state index contributed by atoms with van der Waals surface area (Å²) in [5, 5.41) is 24.9. The molecule has 158 valence electrons. The first-order chi connectivity index (χ1) is 14.1.